The van der Waals surface area contributed by atoms with Crippen LogP contribution in [0.2, 0.25) is 0 Å². The summed E-state index contributed by atoms with van der Waals surface area (Å²) in [7, 11) is 0. The van der Waals surface area contributed by atoms with Gasteiger partial charge in [-0.05, 0) is 24.6 Å². The first kappa shape index (κ1) is 15.6. The molecule has 1 aromatic rings. The summed E-state index contributed by atoms with van der Waals surface area (Å²) < 4.78 is 59.1. The molecule has 8 heteroatoms. The summed E-state index contributed by atoms with van der Waals surface area (Å²) in [5.41, 5.74) is -2.05. The van der Waals surface area contributed by atoms with E-state index in [2.05, 4.69) is 0 Å². The number of rotatable bonds is 4. The Morgan fingerprint density at radius 1 is 1.29 bits per heavy atom. The molecule has 1 aliphatic carbocycles. The molecule has 1 unspecified atom stereocenters. The topological polar surface area (TPSA) is 58.6 Å². The number of halogens is 4. The maximum atomic E-state index is 13.9. The van der Waals surface area contributed by atoms with E-state index in [1.54, 1.807) is 6.92 Å². The summed E-state index contributed by atoms with van der Waals surface area (Å²) in [6, 6.07) is 4.84. The van der Waals surface area contributed by atoms with Crippen LogP contribution in [0.15, 0.2) is 24.3 Å². The van der Waals surface area contributed by atoms with Crippen LogP contribution in [0.3, 0.4) is 0 Å². The fourth-order valence-electron chi connectivity index (χ4n) is 2.50. The average Bonchev–Trinajstić information content (AvgIpc) is 2.45. The zero-order valence-electron chi connectivity index (χ0n) is 11.0. The lowest BCUT2D eigenvalue weighted by molar-refractivity contribution is -0.319. The predicted octanol–water partition coefficient (Wildman–Crippen LogP) is 2.50. The van der Waals surface area contributed by atoms with Crippen molar-refractivity contribution in [1.82, 2.24) is 5.48 Å². The van der Waals surface area contributed by atoms with Crippen molar-refractivity contribution in [3.63, 3.8) is 0 Å². The summed E-state index contributed by atoms with van der Waals surface area (Å²) in [6.07, 6.45) is -1.38. The van der Waals surface area contributed by atoms with E-state index in [9.17, 15) is 22.4 Å². The first-order valence-corrected chi connectivity index (χ1v) is 6.16. The number of carbonyl (C=O) groups is 1. The number of hydroxylamine groups is 1. The first-order chi connectivity index (χ1) is 9.73. The van der Waals surface area contributed by atoms with Gasteiger partial charge in [0.1, 0.15) is 5.75 Å². The van der Waals surface area contributed by atoms with Crippen LogP contribution in [0, 0.1) is 0 Å². The Bertz CT molecular complexity index is 547. The number of ether oxygens (including phenoxy) is 1. The number of nitrogens with one attached hydrogen (secondary N) is 1. The van der Waals surface area contributed by atoms with Crippen LogP contribution in [0.25, 0.3) is 0 Å². The molecule has 0 aliphatic heterocycles. The van der Waals surface area contributed by atoms with Crippen molar-refractivity contribution < 1.29 is 32.3 Å². The van der Waals surface area contributed by atoms with Gasteiger partial charge in [0, 0.05) is 6.42 Å². The maximum absolute atomic E-state index is 13.9. The average molecular weight is 307 g/mol. The highest BCUT2D eigenvalue weighted by Crippen LogP contribution is 2.64. The number of hydrogen-bond donors (Lipinski definition) is 2. The second-order valence-corrected chi connectivity index (χ2v) is 4.76. The zero-order chi connectivity index (χ0) is 15.9. The summed E-state index contributed by atoms with van der Waals surface area (Å²) in [4.78, 5) is 11.6. The van der Waals surface area contributed by atoms with E-state index in [1.165, 1.54) is 12.1 Å². The Hall–Kier alpha value is -1.83. The third-order valence-corrected chi connectivity index (χ3v) is 3.63. The van der Waals surface area contributed by atoms with Gasteiger partial charge in [-0.3, -0.25) is 10.0 Å². The summed E-state index contributed by atoms with van der Waals surface area (Å²) in [5, 5.41) is 8.64. The lowest BCUT2D eigenvalue weighted by Crippen LogP contribution is -2.74. The number of hydrogen-bond acceptors (Lipinski definition) is 3. The lowest BCUT2D eigenvalue weighted by Gasteiger charge is -2.52. The third-order valence-electron chi connectivity index (χ3n) is 3.63. The molecule has 2 rings (SSSR count). The summed E-state index contributed by atoms with van der Waals surface area (Å²) in [6.45, 7) is 2.06. The van der Waals surface area contributed by atoms with Gasteiger partial charge in [-0.2, -0.15) is 17.6 Å². The second kappa shape index (κ2) is 4.87. The van der Waals surface area contributed by atoms with Crippen LogP contribution in [-0.2, 0) is 10.2 Å². The van der Waals surface area contributed by atoms with Gasteiger partial charge in [-0.25, -0.2) is 5.48 Å². The molecular weight excluding hydrogens is 294 g/mol. The number of benzene rings is 1. The van der Waals surface area contributed by atoms with Crippen LogP contribution in [0.4, 0.5) is 17.6 Å². The minimum Gasteiger partial charge on any atom is -0.494 e. The fraction of sp³-hybridized carbons (Fsp3) is 0.462. The Kier molecular flexibility index (Phi) is 3.61. The Balaban J connectivity index is 2.46. The van der Waals surface area contributed by atoms with Gasteiger partial charge >= 0.3 is 11.8 Å². The van der Waals surface area contributed by atoms with E-state index in [1.807, 2.05) is 0 Å². The molecule has 0 bridgehead atoms. The molecule has 4 nitrogen and oxygen atoms in total. The van der Waals surface area contributed by atoms with Crippen LogP contribution >= 0.6 is 0 Å². The smallest absolute Gasteiger partial charge is 0.328 e. The van der Waals surface area contributed by atoms with Crippen LogP contribution < -0.4 is 10.2 Å². The van der Waals surface area contributed by atoms with Crippen molar-refractivity contribution in [2.24, 2.45) is 0 Å². The predicted molar refractivity (Wildman–Crippen MR) is 63.7 cm³/mol. The van der Waals surface area contributed by atoms with E-state index in [0.717, 1.165) is 17.6 Å². The van der Waals surface area contributed by atoms with Gasteiger partial charge < -0.3 is 4.74 Å². The molecule has 0 radical (unpaired) electrons. The molecule has 1 amide bonds. The summed E-state index contributed by atoms with van der Waals surface area (Å²) >= 11 is 0. The molecular formula is C13H13F4NO3. The Morgan fingerprint density at radius 3 is 2.24 bits per heavy atom. The molecule has 1 aliphatic rings. The van der Waals surface area contributed by atoms with Crippen LogP contribution in [-0.4, -0.2) is 29.6 Å². The van der Waals surface area contributed by atoms with Crippen molar-refractivity contribution in [3.8, 4) is 5.75 Å². The van der Waals surface area contributed by atoms with E-state index >= 15 is 0 Å². The highest BCUT2D eigenvalue weighted by molar-refractivity contribution is 5.91. The highest BCUT2D eigenvalue weighted by atomic mass is 19.3. The Labute approximate surface area is 117 Å². The van der Waals surface area contributed by atoms with Crippen LogP contribution in [0.1, 0.15) is 18.9 Å². The lowest BCUT2D eigenvalue weighted by atomic mass is 9.58. The largest absolute Gasteiger partial charge is 0.494 e. The molecule has 0 spiro atoms. The molecule has 116 valence electrons. The minimum absolute atomic E-state index is 0.312. The molecule has 1 fully saturated rings. The number of carbonyl (C=O) groups excluding carboxylic acids is 1. The number of amides is 1. The van der Waals surface area contributed by atoms with E-state index < -0.39 is 29.6 Å². The van der Waals surface area contributed by atoms with Crippen molar-refractivity contribution in [2.75, 3.05) is 6.61 Å². The quantitative estimate of drug-likeness (QED) is 0.510. The highest BCUT2D eigenvalue weighted by Gasteiger charge is 2.83. The SMILES string of the molecule is CCOc1ccc(C2(C(=O)NO)CC(F)(F)C2(F)F)cc1. The van der Waals surface area contributed by atoms with Crippen LogP contribution in [0.5, 0.6) is 5.75 Å². The third kappa shape index (κ3) is 1.97. The molecule has 0 heterocycles. The van der Waals surface area contributed by atoms with Gasteiger partial charge in [0.25, 0.3) is 5.91 Å². The minimum atomic E-state index is -4.60. The van der Waals surface area contributed by atoms with Gasteiger partial charge in [0.2, 0.25) is 0 Å². The molecule has 2 N–H and O–H groups in total. The molecule has 21 heavy (non-hydrogen) atoms. The molecule has 0 saturated heterocycles. The van der Waals surface area contributed by atoms with Crippen molar-refractivity contribution >= 4 is 5.91 Å². The van der Waals surface area contributed by atoms with E-state index in [0.29, 0.717) is 12.4 Å². The van der Waals surface area contributed by atoms with Gasteiger partial charge in [-0.1, -0.05) is 12.1 Å². The maximum Gasteiger partial charge on any atom is 0.328 e. The van der Waals surface area contributed by atoms with Gasteiger partial charge in [0.05, 0.1) is 6.61 Å². The van der Waals surface area contributed by atoms with Gasteiger partial charge in [-0.15, -0.1) is 0 Å². The molecule has 1 aromatic carbocycles. The van der Waals surface area contributed by atoms with Crippen molar-refractivity contribution in [3.05, 3.63) is 29.8 Å². The monoisotopic (exact) mass is 307 g/mol. The second-order valence-electron chi connectivity index (χ2n) is 4.76. The first-order valence-electron chi connectivity index (χ1n) is 6.16. The zero-order valence-corrected chi connectivity index (χ0v) is 11.0. The molecule has 1 saturated carbocycles. The summed E-state index contributed by atoms with van der Waals surface area (Å²) in [5.74, 6) is -10.1. The van der Waals surface area contributed by atoms with Crippen molar-refractivity contribution in [1.29, 1.82) is 0 Å². The normalized spacial score (nSPS) is 25.8. The van der Waals surface area contributed by atoms with E-state index in [4.69, 9.17) is 9.94 Å². The van der Waals surface area contributed by atoms with Crippen molar-refractivity contribution in [2.45, 2.75) is 30.6 Å². The number of alkyl halides is 4. The fourth-order valence-corrected chi connectivity index (χ4v) is 2.50. The molecule has 1 atom stereocenters. The van der Waals surface area contributed by atoms with Gasteiger partial charge in [0.15, 0.2) is 5.41 Å². The molecule has 0 aromatic heterocycles. The van der Waals surface area contributed by atoms with E-state index in [-0.39, 0.29) is 5.56 Å². The Morgan fingerprint density at radius 2 is 1.86 bits per heavy atom. The standard InChI is InChI=1S/C13H13F4NO3/c1-2-21-9-5-3-8(4-6-9)11(10(19)18-20)7-12(14,15)13(11,16)17/h3-6,20H,2,7H2,1H3,(H,18,19).